The van der Waals surface area contributed by atoms with Gasteiger partial charge >= 0.3 is 0 Å². The van der Waals surface area contributed by atoms with Crippen LogP contribution in [0.5, 0.6) is 5.75 Å². The first-order chi connectivity index (χ1) is 8.75. The maximum Gasteiger partial charge on any atom is 0.296 e. The quantitative estimate of drug-likeness (QED) is 0.623. The molecule has 1 aromatic carbocycles. The number of benzene rings is 1. The average Bonchev–Trinajstić information content (AvgIpc) is 2.29. The number of rotatable bonds is 5. The number of nitrogens with one attached hydrogen (secondary N) is 1. The number of nitrogens with two attached hydrogens (primary N) is 1. The van der Waals surface area contributed by atoms with Gasteiger partial charge in [0, 0.05) is 0 Å². The highest BCUT2D eigenvalue weighted by molar-refractivity contribution is 5.99. The molecule has 0 aromatic heterocycles. The van der Waals surface area contributed by atoms with Crippen LogP contribution in [0.1, 0.15) is 20.8 Å². The Labute approximate surface area is 110 Å². The van der Waals surface area contributed by atoms with E-state index in [4.69, 9.17) is 10.5 Å². The number of carbonyl (C=O) groups is 1. The number of amides is 1. The molecule has 1 rings (SSSR count). The second-order valence-corrected chi connectivity index (χ2v) is 4.54. The SMILES string of the molecule is CCOc1ccc(NC(=O)C(C)(C)N)c([N+](=O)[O-])c1. The van der Waals surface area contributed by atoms with Crippen LogP contribution < -0.4 is 15.8 Å². The molecule has 0 aliphatic heterocycles. The van der Waals surface area contributed by atoms with Gasteiger partial charge in [0.25, 0.3) is 5.69 Å². The first-order valence-corrected chi connectivity index (χ1v) is 5.77. The lowest BCUT2D eigenvalue weighted by Crippen LogP contribution is -2.45. The highest BCUT2D eigenvalue weighted by Crippen LogP contribution is 2.29. The molecule has 0 saturated heterocycles. The maximum absolute atomic E-state index is 11.7. The van der Waals surface area contributed by atoms with Crippen LogP contribution in [0, 0.1) is 10.1 Å². The highest BCUT2D eigenvalue weighted by atomic mass is 16.6. The third-order valence-electron chi connectivity index (χ3n) is 2.31. The number of anilines is 1. The molecule has 0 radical (unpaired) electrons. The Morgan fingerprint density at radius 2 is 2.16 bits per heavy atom. The van der Waals surface area contributed by atoms with Gasteiger partial charge in [-0.2, -0.15) is 0 Å². The van der Waals surface area contributed by atoms with Crippen molar-refractivity contribution in [3.05, 3.63) is 28.3 Å². The Hall–Kier alpha value is -2.15. The zero-order chi connectivity index (χ0) is 14.6. The topological polar surface area (TPSA) is 107 Å². The van der Waals surface area contributed by atoms with Crippen molar-refractivity contribution >= 4 is 17.3 Å². The molecule has 0 unspecified atom stereocenters. The van der Waals surface area contributed by atoms with Gasteiger partial charge in [-0.1, -0.05) is 0 Å². The summed E-state index contributed by atoms with van der Waals surface area (Å²) in [5.74, 6) is -0.126. The molecule has 1 amide bonds. The van der Waals surface area contributed by atoms with Crippen molar-refractivity contribution in [3.8, 4) is 5.75 Å². The molecule has 7 heteroatoms. The summed E-state index contributed by atoms with van der Waals surface area (Å²) in [6.45, 7) is 5.21. The van der Waals surface area contributed by atoms with E-state index in [2.05, 4.69) is 5.32 Å². The van der Waals surface area contributed by atoms with Gasteiger partial charge in [0.2, 0.25) is 5.91 Å². The van der Waals surface area contributed by atoms with E-state index in [1.165, 1.54) is 26.0 Å². The van der Waals surface area contributed by atoms with Crippen LogP contribution in [0.15, 0.2) is 18.2 Å². The van der Waals surface area contributed by atoms with Crippen molar-refractivity contribution in [2.45, 2.75) is 26.3 Å². The van der Waals surface area contributed by atoms with Crippen molar-refractivity contribution in [2.24, 2.45) is 5.73 Å². The Bertz CT molecular complexity index is 494. The van der Waals surface area contributed by atoms with Gasteiger partial charge in [-0.3, -0.25) is 14.9 Å². The first kappa shape index (κ1) is 14.9. The largest absolute Gasteiger partial charge is 0.494 e. The van der Waals surface area contributed by atoms with E-state index in [9.17, 15) is 14.9 Å². The van der Waals surface area contributed by atoms with E-state index in [0.717, 1.165) is 0 Å². The summed E-state index contributed by atoms with van der Waals surface area (Å²) in [4.78, 5) is 22.1. The Balaban J connectivity index is 3.07. The Kier molecular flexibility index (Phi) is 4.44. The standard InChI is InChI=1S/C12H17N3O4/c1-4-19-8-5-6-9(10(7-8)15(17)18)14-11(16)12(2,3)13/h5-7H,4,13H2,1-3H3,(H,14,16). The van der Waals surface area contributed by atoms with Crippen LogP contribution in [0.4, 0.5) is 11.4 Å². The van der Waals surface area contributed by atoms with Crippen LogP contribution in [0.25, 0.3) is 0 Å². The normalized spacial score (nSPS) is 10.9. The number of hydrogen-bond donors (Lipinski definition) is 2. The van der Waals surface area contributed by atoms with E-state index in [1.54, 1.807) is 13.0 Å². The molecule has 0 spiro atoms. The molecule has 0 fully saturated rings. The summed E-state index contributed by atoms with van der Waals surface area (Å²) in [6, 6.07) is 4.24. The number of nitro groups is 1. The van der Waals surface area contributed by atoms with Gasteiger partial charge in [-0.05, 0) is 32.9 Å². The minimum atomic E-state index is -1.12. The monoisotopic (exact) mass is 267 g/mol. The molecule has 0 heterocycles. The molecular formula is C12H17N3O4. The van der Waals surface area contributed by atoms with Crippen molar-refractivity contribution in [1.82, 2.24) is 0 Å². The van der Waals surface area contributed by atoms with Gasteiger partial charge in [0.05, 0.1) is 23.1 Å². The van der Waals surface area contributed by atoms with Gasteiger partial charge in [-0.25, -0.2) is 0 Å². The average molecular weight is 267 g/mol. The van der Waals surface area contributed by atoms with Gasteiger partial charge in [-0.15, -0.1) is 0 Å². The van der Waals surface area contributed by atoms with Crippen LogP contribution in [0.3, 0.4) is 0 Å². The predicted molar refractivity (Wildman–Crippen MR) is 71.2 cm³/mol. The van der Waals surface area contributed by atoms with E-state index in [-0.39, 0.29) is 11.4 Å². The number of nitrogens with zero attached hydrogens (tertiary/aromatic N) is 1. The smallest absolute Gasteiger partial charge is 0.296 e. The molecule has 7 nitrogen and oxygen atoms in total. The van der Waals surface area contributed by atoms with Gasteiger partial charge < -0.3 is 15.8 Å². The van der Waals surface area contributed by atoms with E-state index in [1.807, 2.05) is 0 Å². The lowest BCUT2D eigenvalue weighted by atomic mass is 10.1. The molecule has 0 saturated carbocycles. The lowest BCUT2D eigenvalue weighted by molar-refractivity contribution is -0.384. The summed E-state index contributed by atoms with van der Waals surface area (Å²) >= 11 is 0. The molecule has 0 aliphatic carbocycles. The van der Waals surface area contributed by atoms with Gasteiger partial charge in [0.1, 0.15) is 11.4 Å². The number of hydrogen-bond acceptors (Lipinski definition) is 5. The molecule has 0 atom stereocenters. The van der Waals surface area contributed by atoms with Crippen molar-refractivity contribution in [3.63, 3.8) is 0 Å². The minimum absolute atomic E-state index is 0.0944. The number of ether oxygens (including phenoxy) is 1. The number of nitro benzene ring substituents is 1. The molecule has 1 aromatic rings. The fourth-order valence-electron chi connectivity index (χ4n) is 1.31. The zero-order valence-electron chi connectivity index (χ0n) is 11.1. The summed E-state index contributed by atoms with van der Waals surface area (Å²) in [6.07, 6.45) is 0. The van der Waals surface area contributed by atoms with E-state index >= 15 is 0 Å². The lowest BCUT2D eigenvalue weighted by Gasteiger charge is -2.17. The molecule has 19 heavy (non-hydrogen) atoms. The molecule has 0 aliphatic rings. The molecule has 3 N–H and O–H groups in total. The zero-order valence-corrected chi connectivity index (χ0v) is 11.1. The highest BCUT2D eigenvalue weighted by Gasteiger charge is 2.25. The fraction of sp³-hybridized carbons (Fsp3) is 0.417. The molecule has 104 valence electrons. The van der Waals surface area contributed by atoms with Crippen LogP contribution in [-0.2, 0) is 4.79 Å². The molecular weight excluding hydrogens is 250 g/mol. The predicted octanol–water partition coefficient (Wildman–Crippen LogP) is 1.67. The third-order valence-corrected chi connectivity index (χ3v) is 2.31. The van der Waals surface area contributed by atoms with Crippen molar-refractivity contribution in [2.75, 3.05) is 11.9 Å². The first-order valence-electron chi connectivity index (χ1n) is 5.77. The second kappa shape index (κ2) is 5.66. The van der Waals surface area contributed by atoms with Crippen LogP contribution >= 0.6 is 0 Å². The fourth-order valence-corrected chi connectivity index (χ4v) is 1.31. The van der Waals surface area contributed by atoms with Crippen molar-refractivity contribution < 1.29 is 14.5 Å². The maximum atomic E-state index is 11.7. The minimum Gasteiger partial charge on any atom is -0.494 e. The van der Waals surface area contributed by atoms with E-state index < -0.39 is 16.4 Å². The summed E-state index contributed by atoms with van der Waals surface area (Å²) in [7, 11) is 0. The number of carbonyl (C=O) groups excluding carboxylic acids is 1. The Morgan fingerprint density at radius 1 is 1.53 bits per heavy atom. The van der Waals surface area contributed by atoms with Gasteiger partial charge in [0.15, 0.2) is 0 Å². The summed E-state index contributed by atoms with van der Waals surface area (Å²) in [5.41, 5.74) is 4.37. The summed E-state index contributed by atoms with van der Waals surface area (Å²) < 4.78 is 5.18. The van der Waals surface area contributed by atoms with Crippen molar-refractivity contribution in [1.29, 1.82) is 0 Å². The summed E-state index contributed by atoms with van der Waals surface area (Å²) in [5, 5.41) is 13.4. The Morgan fingerprint density at radius 3 is 2.63 bits per heavy atom. The third kappa shape index (κ3) is 3.92. The van der Waals surface area contributed by atoms with Crippen LogP contribution in [0.2, 0.25) is 0 Å². The van der Waals surface area contributed by atoms with Crippen LogP contribution in [-0.4, -0.2) is 23.0 Å². The second-order valence-electron chi connectivity index (χ2n) is 4.54. The van der Waals surface area contributed by atoms with E-state index in [0.29, 0.717) is 12.4 Å². The molecule has 0 bridgehead atoms.